The average Bonchev–Trinajstić information content (AvgIpc) is 2.76. The van der Waals surface area contributed by atoms with Crippen LogP contribution in [-0.2, 0) is 17.8 Å². The first-order valence-corrected chi connectivity index (χ1v) is 7.61. The van der Waals surface area contributed by atoms with E-state index in [1.54, 1.807) is 7.11 Å². The van der Waals surface area contributed by atoms with Crippen molar-refractivity contribution in [1.29, 1.82) is 0 Å². The third kappa shape index (κ3) is 4.45. The minimum atomic E-state index is 0.819. The lowest BCUT2D eigenvalue weighted by atomic mass is 10.2. The molecule has 0 saturated carbocycles. The average molecular weight is 286 g/mol. The molecule has 1 heterocycles. The molecule has 0 unspecified atom stereocenters. The molecule has 1 N–H and O–H groups in total. The highest BCUT2D eigenvalue weighted by Gasteiger charge is 2.08. The molecular formula is C18H26N2O. The van der Waals surface area contributed by atoms with E-state index >= 15 is 0 Å². The lowest BCUT2D eigenvalue weighted by Crippen LogP contribution is -2.16. The number of nitrogens with zero attached hydrogens (tertiary/aromatic N) is 1. The number of ether oxygens (including phenoxy) is 1. The van der Waals surface area contributed by atoms with Crippen LogP contribution in [0.15, 0.2) is 36.4 Å². The van der Waals surface area contributed by atoms with Crippen LogP contribution < -0.4 is 5.32 Å². The lowest BCUT2D eigenvalue weighted by Gasteiger charge is -2.10. The Hall–Kier alpha value is -1.58. The van der Waals surface area contributed by atoms with Crippen LogP contribution in [0.5, 0.6) is 0 Å². The molecule has 0 spiro atoms. The number of methoxy groups -OCH3 is 1. The van der Waals surface area contributed by atoms with E-state index in [1.807, 2.05) is 0 Å². The van der Waals surface area contributed by atoms with E-state index < -0.39 is 0 Å². The Kier molecular flexibility index (Phi) is 6.03. The van der Waals surface area contributed by atoms with E-state index in [9.17, 15) is 0 Å². The molecule has 114 valence electrons. The molecule has 21 heavy (non-hydrogen) atoms. The van der Waals surface area contributed by atoms with E-state index in [2.05, 4.69) is 60.1 Å². The van der Waals surface area contributed by atoms with Crippen molar-refractivity contribution in [3.05, 3.63) is 58.9 Å². The monoisotopic (exact) mass is 286 g/mol. The maximum atomic E-state index is 5.06. The fourth-order valence-electron chi connectivity index (χ4n) is 2.63. The van der Waals surface area contributed by atoms with Gasteiger partial charge in [-0.05, 0) is 44.0 Å². The van der Waals surface area contributed by atoms with Crippen LogP contribution in [0, 0.1) is 13.8 Å². The van der Waals surface area contributed by atoms with Crippen LogP contribution in [-0.4, -0.2) is 24.8 Å². The fraction of sp³-hybridized carbons (Fsp3) is 0.444. The van der Waals surface area contributed by atoms with Gasteiger partial charge in [-0.25, -0.2) is 0 Å². The number of nitrogens with one attached hydrogen (secondary N) is 1. The van der Waals surface area contributed by atoms with Crippen molar-refractivity contribution in [2.75, 3.05) is 20.3 Å². The van der Waals surface area contributed by atoms with Crippen molar-refractivity contribution in [1.82, 2.24) is 9.88 Å². The fourth-order valence-corrected chi connectivity index (χ4v) is 2.63. The molecule has 1 aromatic carbocycles. The summed E-state index contributed by atoms with van der Waals surface area (Å²) in [6.07, 6.45) is 1.05. The van der Waals surface area contributed by atoms with Crippen LogP contribution >= 0.6 is 0 Å². The second-order valence-corrected chi connectivity index (χ2v) is 5.49. The van der Waals surface area contributed by atoms with Crippen molar-refractivity contribution in [3.8, 4) is 0 Å². The summed E-state index contributed by atoms with van der Waals surface area (Å²) in [5.41, 5.74) is 5.42. The molecule has 2 aromatic rings. The van der Waals surface area contributed by atoms with Gasteiger partial charge in [0.2, 0.25) is 0 Å². The summed E-state index contributed by atoms with van der Waals surface area (Å²) >= 11 is 0. The van der Waals surface area contributed by atoms with Gasteiger partial charge < -0.3 is 14.6 Å². The second kappa shape index (κ2) is 8.01. The summed E-state index contributed by atoms with van der Waals surface area (Å²) in [7, 11) is 1.75. The van der Waals surface area contributed by atoms with Crippen molar-refractivity contribution in [3.63, 3.8) is 0 Å². The summed E-state index contributed by atoms with van der Waals surface area (Å²) in [5.74, 6) is 0. The Balaban J connectivity index is 1.97. The molecule has 0 amide bonds. The van der Waals surface area contributed by atoms with Crippen LogP contribution in [0.2, 0.25) is 0 Å². The number of hydrogen-bond donors (Lipinski definition) is 1. The molecule has 0 bridgehead atoms. The molecular weight excluding hydrogens is 260 g/mol. The smallest absolute Gasteiger partial charge is 0.0475 e. The highest BCUT2D eigenvalue weighted by molar-refractivity contribution is 5.28. The van der Waals surface area contributed by atoms with Crippen molar-refractivity contribution in [2.24, 2.45) is 0 Å². The molecule has 0 radical (unpaired) electrons. The van der Waals surface area contributed by atoms with Crippen molar-refractivity contribution >= 4 is 0 Å². The van der Waals surface area contributed by atoms with Crippen molar-refractivity contribution < 1.29 is 4.74 Å². The molecule has 3 heteroatoms. The van der Waals surface area contributed by atoms with Crippen LogP contribution in [0.4, 0.5) is 0 Å². The minimum absolute atomic E-state index is 0.819. The highest BCUT2D eigenvalue weighted by atomic mass is 16.5. The summed E-state index contributed by atoms with van der Waals surface area (Å²) in [6.45, 7) is 8.09. The predicted octanol–water partition coefficient (Wildman–Crippen LogP) is 3.28. The van der Waals surface area contributed by atoms with Crippen LogP contribution in [0.3, 0.4) is 0 Å². The molecule has 0 aliphatic rings. The largest absolute Gasteiger partial charge is 0.385 e. The summed E-state index contributed by atoms with van der Waals surface area (Å²) in [4.78, 5) is 0. The molecule has 0 atom stereocenters. The zero-order chi connectivity index (χ0) is 15.1. The van der Waals surface area contributed by atoms with Gasteiger partial charge in [-0.1, -0.05) is 30.3 Å². The van der Waals surface area contributed by atoms with Gasteiger partial charge >= 0.3 is 0 Å². The third-order valence-corrected chi connectivity index (χ3v) is 3.88. The van der Waals surface area contributed by atoms with Gasteiger partial charge in [0.05, 0.1) is 0 Å². The Morgan fingerprint density at radius 1 is 1.14 bits per heavy atom. The number of rotatable bonds is 8. The SMILES string of the molecule is COCCCNCc1cc(C)n(Cc2ccccc2)c1C. The lowest BCUT2D eigenvalue weighted by molar-refractivity contribution is 0.194. The Bertz CT molecular complexity index is 546. The zero-order valence-electron chi connectivity index (χ0n) is 13.4. The summed E-state index contributed by atoms with van der Waals surface area (Å²) in [6, 6.07) is 12.9. The van der Waals surface area contributed by atoms with Gasteiger partial charge in [0, 0.05) is 38.2 Å². The zero-order valence-corrected chi connectivity index (χ0v) is 13.4. The highest BCUT2D eigenvalue weighted by Crippen LogP contribution is 2.17. The first-order chi connectivity index (χ1) is 10.2. The van der Waals surface area contributed by atoms with E-state index in [4.69, 9.17) is 4.74 Å². The van der Waals surface area contributed by atoms with E-state index in [1.165, 1.54) is 22.5 Å². The van der Waals surface area contributed by atoms with E-state index in [0.29, 0.717) is 0 Å². The molecule has 1 aromatic heterocycles. The Morgan fingerprint density at radius 3 is 2.62 bits per heavy atom. The normalized spacial score (nSPS) is 11.0. The van der Waals surface area contributed by atoms with Gasteiger partial charge in [0.25, 0.3) is 0 Å². The van der Waals surface area contributed by atoms with E-state index in [0.717, 1.165) is 32.7 Å². The first-order valence-electron chi connectivity index (χ1n) is 7.61. The number of benzene rings is 1. The van der Waals surface area contributed by atoms with Crippen molar-refractivity contribution in [2.45, 2.75) is 33.4 Å². The molecule has 2 rings (SSSR count). The number of aryl methyl sites for hydroxylation is 1. The van der Waals surface area contributed by atoms with Gasteiger partial charge in [0.1, 0.15) is 0 Å². The Morgan fingerprint density at radius 2 is 1.90 bits per heavy atom. The van der Waals surface area contributed by atoms with Gasteiger partial charge in [-0.2, -0.15) is 0 Å². The maximum Gasteiger partial charge on any atom is 0.0475 e. The standard InChI is InChI=1S/C18H26N2O/c1-15-12-18(13-19-10-7-11-21-3)16(2)20(15)14-17-8-5-4-6-9-17/h4-6,8-9,12,19H,7,10-11,13-14H2,1-3H3. The predicted molar refractivity (Wildman–Crippen MR) is 87.6 cm³/mol. The second-order valence-electron chi connectivity index (χ2n) is 5.49. The minimum Gasteiger partial charge on any atom is -0.385 e. The molecule has 0 aliphatic carbocycles. The summed E-state index contributed by atoms with van der Waals surface area (Å²) < 4.78 is 7.45. The van der Waals surface area contributed by atoms with Crippen LogP contribution in [0.1, 0.15) is 28.9 Å². The quantitative estimate of drug-likeness (QED) is 0.754. The molecule has 0 aliphatic heterocycles. The third-order valence-electron chi connectivity index (χ3n) is 3.88. The number of aromatic nitrogens is 1. The molecule has 0 saturated heterocycles. The van der Waals surface area contributed by atoms with E-state index in [-0.39, 0.29) is 0 Å². The summed E-state index contributed by atoms with van der Waals surface area (Å²) in [5, 5.41) is 3.49. The van der Waals surface area contributed by atoms with Gasteiger partial charge in [-0.3, -0.25) is 0 Å². The molecule has 3 nitrogen and oxygen atoms in total. The van der Waals surface area contributed by atoms with Gasteiger partial charge in [0.15, 0.2) is 0 Å². The topological polar surface area (TPSA) is 26.2 Å². The Labute approximate surface area is 127 Å². The molecule has 0 fully saturated rings. The maximum absolute atomic E-state index is 5.06. The number of hydrogen-bond acceptors (Lipinski definition) is 2. The van der Waals surface area contributed by atoms with Gasteiger partial charge in [-0.15, -0.1) is 0 Å². The van der Waals surface area contributed by atoms with Crippen LogP contribution in [0.25, 0.3) is 0 Å². The first kappa shape index (κ1) is 15.8.